The van der Waals surface area contributed by atoms with Crippen LogP contribution >= 0.6 is 11.9 Å². The number of imidazole rings is 1. The Bertz CT molecular complexity index is 1430. The third kappa shape index (κ3) is 5.47. The van der Waals surface area contributed by atoms with E-state index in [0.29, 0.717) is 47.1 Å². The average molecular weight is 533 g/mol. The second-order valence-electron chi connectivity index (χ2n) is 8.67. The number of anilines is 1. The Morgan fingerprint density at radius 3 is 2.53 bits per heavy atom. The van der Waals surface area contributed by atoms with E-state index in [1.54, 1.807) is 11.5 Å². The molecule has 1 aliphatic rings. The number of hydrogen-bond donors (Lipinski definition) is 3. The molecule has 38 heavy (non-hydrogen) atoms. The highest BCUT2D eigenvalue weighted by atomic mass is 32.2. The van der Waals surface area contributed by atoms with Crippen molar-refractivity contribution in [2.45, 2.75) is 25.7 Å². The smallest absolute Gasteiger partial charge is 0.151 e. The number of aliphatic hydroxyl groups is 2. The van der Waals surface area contributed by atoms with Crippen LogP contribution in [0.2, 0.25) is 0 Å². The molecule has 10 heteroatoms. The van der Waals surface area contributed by atoms with Crippen LogP contribution in [-0.2, 0) is 0 Å². The summed E-state index contributed by atoms with van der Waals surface area (Å²) in [6.07, 6.45) is 3.17. The first kappa shape index (κ1) is 27.4. The van der Waals surface area contributed by atoms with Gasteiger partial charge in [0.05, 0.1) is 47.8 Å². The Balaban J connectivity index is 1.82. The van der Waals surface area contributed by atoms with Crippen LogP contribution in [0.25, 0.3) is 22.7 Å². The van der Waals surface area contributed by atoms with Crippen LogP contribution in [-0.4, -0.2) is 69.8 Å². The largest absolute Gasteiger partial charge is 0.455 e. The molecular formula is C28H32N6O3S. The van der Waals surface area contributed by atoms with Gasteiger partial charge in [0, 0.05) is 48.4 Å². The standard InChI is InChI=1S/C28H32N6O3S/c1-4-32(5-2)21-7-6-20-14-23(27(19(3)17-29)37-26(20)15-21)28-31-24-9-8-22(16-25(24)34(28)18-30)38-33(10-12-35)11-13-36/h6-9,14-16,18,30,35-36H,4-5,10-13H2,1-3H3/b27-19-,30-18?. The molecule has 0 saturated heterocycles. The van der Waals surface area contributed by atoms with Gasteiger partial charge in [-0.1, -0.05) is 0 Å². The Kier molecular flexibility index (Phi) is 8.86. The van der Waals surface area contributed by atoms with E-state index in [1.165, 1.54) is 18.3 Å². The third-order valence-corrected chi connectivity index (χ3v) is 7.44. The second-order valence-corrected chi connectivity index (χ2v) is 9.84. The molecule has 1 aliphatic heterocycles. The summed E-state index contributed by atoms with van der Waals surface area (Å²) in [5, 5.41) is 36.6. The van der Waals surface area contributed by atoms with Gasteiger partial charge >= 0.3 is 0 Å². The topological polar surface area (TPSA) is 122 Å². The molecule has 0 saturated carbocycles. The molecule has 2 aromatic carbocycles. The number of ether oxygens (including phenoxy) is 1. The number of nitriles is 1. The number of allylic oxidation sites excluding steroid dienone is 2. The van der Waals surface area contributed by atoms with Crippen LogP contribution in [0.5, 0.6) is 5.75 Å². The first-order chi connectivity index (χ1) is 18.5. The predicted molar refractivity (Wildman–Crippen MR) is 152 cm³/mol. The number of fused-ring (bicyclic) bond motifs is 2. The monoisotopic (exact) mass is 532 g/mol. The van der Waals surface area contributed by atoms with Crippen LogP contribution in [0.1, 0.15) is 32.2 Å². The molecule has 1 aromatic heterocycles. The lowest BCUT2D eigenvalue weighted by atomic mass is 10.0. The van der Waals surface area contributed by atoms with E-state index >= 15 is 0 Å². The lowest BCUT2D eigenvalue weighted by Crippen LogP contribution is -2.23. The zero-order chi connectivity index (χ0) is 27.2. The second kappa shape index (κ2) is 12.3. The fourth-order valence-corrected chi connectivity index (χ4v) is 5.36. The molecule has 0 fully saturated rings. The number of hydrogen-bond acceptors (Lipinski definition) is 9. The van der Waals surface area contributed by atoms with E-state index in [9.17, 15) is 15.5 Å². The maximum Gasteiger partial charge on any atom is 0.151 e. The molecule has 0 unspecified atom stereocenters. The first-order valence-corrected chi connectivity index (χ1v) is 13.3. The zero-order valence-corrected chi connectivity index (χ0v) is 22.6. The molecule has 0 amide bonds. The summed E-state index contributed by atoms with van der Waals surface area (Å²) in [6.45, 7) is 8.47. The van der Waals surface area contributed by atoms with E-state index in [1.807, 2.05) is 40.7 Å². The molecule has 4 rings (SSSR count). The van der Waals surface area contributed by atoms with Crippen molar-refractivity contribution in [2.75, 3.05) is 44.3 Å². The Morgan fingerprint density at radius 1 is 1.16 bits per heavy atom. The van der Waals surface area contributed by atoms with Gasteiger partial charge in [-0.15, -0.1) is 0 Å². The molecule has 0 spiro atoms. The summed E-state index contributed by atoms with van der Waals surface area (Å²) in [4.78, 5) is 7.94. The molecule has 9 nitrogen and oxygen atoms in total. The van der Waals surface area contributed by atoms with Crippen molar-refractivity contribution in [1.82, 2.24) is 13.9 Å². The molecule has 3 N–H and O–H groups in total. The van der Waals surface area contributed by atoms with E-state index in [0.717, 1.165) is 34.8 Å². The minimum Gasteiger partial charge on any atom is -0.455 e. The maximum atomic E-state index is 9.75. The number of nitrogens with zero attached hydrogens (tertiary/aromatic N) is 5. The molecule has 0 bridgehead atoms. The summed E-state index contributed by atoms with van der Waals surface area (Å²) in [5.74, 6) is 1.59. The van der Waals surface area contributed by atoms with Crippen LogP contribution in [0, 0.1) is 16.7 Å². The van der Waals surface area contributed by atoms with E-state index in [4.69, 9.17) is 15.1 Å². The van der Waals surface area contributed by atoms with Gasteiger partial charge in [-0.3, -0.25) is 9.98 Å². The van der Waals surface area contributed by atoms with Gasteiger partial charge < -0.3 is 19.8 Å². The number of benzene rings is 2. The molecular weight excluding hydrogens is 500 g/mol. The minimum absolute atomic E-state index is 0.0166. The van der Waals surface area contributed by atoms with Crippen molar-refractivity contribution in [3.8, 4) is 11.8 Å². The van der Waals surface area contributed by atoms with E-state index in [2.05, 4.69) is 30.9 Å². The lowest BCUT2D eigenvalue weighted by molar-refractivity contribution is 0.226. The van der Waals surface area contributed by atoms with Crippen molar-refractivity contribution in [3.63, 3.8) is 0 Å². The minimum atomic E-state index is -0.0166. The fraction of sp³-hybridized carbons (Fsp3) is 0.321. The summed E-state index contributed by atoms with van der Waals surface area (Å²) >= 11 is 1.43. The number of rotatable bonds is 11. The molecule has 0 radical (unpaired) electrons. The fourth-order valence-electron chi connectivity index (χ4n) is 4.42. The molecule has 0 aliphatic carbocycles. The van der Waals surface area contributed by atoms with Crippen molar-refractivity contribution in [3.05, 3.63) is 59.1 Å². The SMILES string of the molecule is CCN(CC)c1ccc2c(c1)O/C(=C(/C)C#N)C(c1nc3ccc(SN(CCO)CCO)cc3n1C=N)=C2. The van der Waals surface area contributed by atoms with Gasteiger partial charge in [-0.05, 0) is 69.1 Å². The normalized spacial score (nSPS) is 14.1. The Hall–Kier alpha value is -3.62. The highest BCUT2D eigenvalue weighted by Gasteiger charge is 2.26. The summed E-state index contributed by atoms with van der Waals surface area (Å²) in [7, 11) is 0. The predicted octanol–water partition coefficient (Wildman–Crippen LogP) is 4.36. The summed E-state index contributed by atoms with van der Waals surface area (Å²) < 4.78 is 9.89. The van der Waals surface area contributed by atoms with Gasteiger partial charge in [0.1, 0.15) is 11.6 Å². The van der Waals surface area contributed by atoms with Gasteiger partial charge in [0.15, 0.2) is 5.76 Å². The van der Waals surface area contributed by atoms with Crippen molar-refractivity contribution in [2.24, 2.45) is 0 Å². The Labute approximate surface area is 226 Å². The Morgan fingerprint density at radius 2 is 1.89 bits per heavy atom. The van der Waals surface area contributed by atoms with E-state index < -0.39 is 0 Å². The number of aliphatic hydroxyl groups excluding tert-OH is 2. The molecule has 198 valence electrons. The van der Waals surface area contributed by atoms with Gasteiger partial charge in [0.25, 0.3) is 0 Å². The lowest BCUT2D eigenvalue weighted by Gasteiger charge is -2.25. The zero-order valence-electron chi connectivity index (χ0n) is 21.8. The summed E-state index contributed by atoms with van der Waals surface area (Å²) in [5.41, 5.74) is 4.38. The van der Waals surface area contributed by atoms with E-state index in [-0.39, 0.29) is 13.2 Å². The quantitative estimate of drug-likeness (QED) is 0.144. The van der Waals surface area contributed by atoms with Crippen molar-refractivity contribution < 1.29 is 14.9 Å². The maximum absolute atomic E-state index is 9.75. The average Bonchev–Trinajstić information content (AvgIpc) is 3.30. The molecule has 3 aromatic rings. The highest BCUT2D eigenvalue weighted by Crippen LogP contribution is 2.40. The number of nitrogens with one attached hydrogen (secondary N) is 1. The van der Waals surface area contributed by atoms with Gasteiger partial charge in [-0.25, -0.2) is 9.29 Å². The molecule has 2 heterocycles. The summed E-state index contributed by atoms with van der Waals surface area (Å²) in [6, 6.07) is 14.0. The molecule has 0 atom stereocenters. The highest BCUT2D eigenvalue weighted by molar-refractivity contribution is 7.97. The van der Waals surface area contributed by atoms with Crippen molar-refractivity contribution >= 4 is 46.7 Å². The van der Waals surface area contributed by atoms with Crippen LogP contribution < -0.4 is 9.64 Å². The van der Waals surface area contributed by atoms with Gasteiger partial charge in [-0.2, -0.15) is 5.26 Å². The van der Waals surface area contributed by atoms with Crippen molar-refractivity contribution in [1.29, 1.82) is 10.7 Å². The van der Waals surface area contributed by atoms with Gasteiger partial charge in [0.2, 0.25) is 0 Å². The van der Waals surface area contributed by atoms with Crippen LogP contribution in [0.4, 0.5) is 5.69 Å². The number of aromatic nitrogens is 2. The third-order valence-electron chi connectivity index (χ3n) is 6.35. The van der Waals surface area contributed by atoms with Crippen LogP contribution in [0.15, 0.2) is 52.6 Å². The van der Waals surface area contributed by atoms with Crippen LogP contribution in [0.3, 0.4) is 0 Å². The first-order valence-electron chi connectivity index (χ1n) is 12.5.